The molecule has 24 heavy (non-hydrogen) atoms. The van der Waals surface area contributed by atoms with Gasteiger partial charge >= 0.3 is 0 Å². The summed E-state index contributed by atoms with van der Waals surface area (Å²) < 4.78 is 27.6. The molecule has 0 spiro atoms. The van der Waals surface area contributed by atoms with E-state index in [4.69, 9.17) is 23.7 Å². The number of carbonyl (C=O) groups excluding carboxylic acids is 1. The molecule has 0 radical (unpaired) electrons. The summed E-state index contributed by atoms with van der Waals surface area (Å²) in [4.78, 5) is 11.4. The van der Waals surface area contributed by atoms with Crippen LogP contribution in [0.1, 0.15) is 0 Å². The Kier molecular flexibility index (Phi) is 8.09. The number of benzene rings is 1. The molecule has 1 amide bonds. The summed E-state index contributed by atoms with van der Waals surface area (Å²) in [6, 6.07) is 5.19. The predicted molar refractivity (Wildman–Crippen MR) is 88.7 cm³/mol. The Hall–Kier alpha value is -2.09. The fraction of sp³-hybridized carbons (Fsp3) is 0.471. The first-order valence-corrected chi connectivity index (χ1v) is 7.86. The molecule has 0 fully saturated rings. The van der Waals surface area contributed by atoms with Crippen molar-refractivity contribution in [1.82, 2.24) is 0 Å². The number of hydrogen-bond acceptors (Lipinski definition) is 6. The zero-order chi connectivity index (χ0) is 17.0. The molecule has 1 heterocycles. The topological polar surface area (TPSA) is 75.3 Å². The number of fused-ring (bicyclic) bond motifs is 1. The Morgan fingerprint density at radius 1 is 0.875 bits per heavy atom. The van der Waals surface area contributed by atoms with Crippen molar-refractivity contribution in [2.45, 2.75) is 0 Å². The first-order valence-electron chi connectivity index (χ1n) is 7.86. The lowest BCUT2D eigenvalue weighted by atomic mass is 10.2. The maximum absolute atomic E-state index is 11.4. The van der Waals surface area contributed by atoms with Gasteiger partial charge in [-0.05, 0) is 18.2 Å². The molecule has 2 rings (SSSR count). The molecule has 1 aromatic carbocycles. The zero-order valence-electron chi connectivity index (χ0n) is 13.6. The molecule has 0 unspecified atom stereocenters. The number of hydrogen-bond donors (Lipinski definition) is 1. The first kappa shape index (κ1) is 18.3. The van der Waals surface area contributed by atoms with Crippen LogP contribution in [0.5, 0.6) is 11.5 Å². The first-order chi connectivity index (χ1) is 11.8. The highest BCUT2D eigenvalue weighted by molar-refractivity contribution is 5.99. The SMILES string of the molecule is C=CC(=O)Nc1ccc2c(c1)OCCOCCOCCOCCO2. The summed E-state index contributed by atoms with van der Waals surface area (Å²) in [6.07, 6.45) is 1.21. The standard InChI is InChI=1S/C17H23NO6/c1-2-17(19)18-14-3-4-15-16(13-14)24-12-10-22-8-6-20-5-7-21-9-11-23-15/h2-4,13H,1,5-12H2,(H,18,19). The molecule has 0 aromatic heterocycles. The van der Waals surface area contributed by atoms with Gasteiger partial charge in [-0.2, -0.15) is 0 Å². The second-order valence-electron chi connectivity index (χ2n) is 4.89. The van der Waals surface area contributed by atoms with Crippen molar-refractivity contribution in [3.05, 3.63) is 30.9 Å². The highest BCUT2D eigenvalue weighted by Crippen LogP contribution is 2.30. The Labute approximate surface area is 141 Å². The van der Waals surface area contributed by atoms with Crippen LogP contribution in [0.2, 0.25) is 0 Å². The second kappa shape index (κ2) is 10.6. The fourth-order valence-electron chi connectivity index (χ4n) is 1.97. The minimum Gasteiger partial charge on any atom is -0.487 e. The number of nitrogens with one attached hydrogen (secondary N) is 1. The molecule has 1 aromatic rings. The van der Waals surface area contributed by atoms with Crippen LogP contribution in [-0.4, -0.2) is 58.8 Å². The molecule has 0 aliphatic carbocycles. The number of ether oxygens (including phenoxy) is 5. The van der Waals surface area contributed by atoms with Crippen LogP contribution in [0.25, 0.3) is 0 Å². The van der Waals surface area contributed by atoms with Crippen LogP contribution in [0.3, 0.4) is 0 Å². The second-order valence-corrected chi connectivity index (χ2v) is 4.89. The van der Waals surface area contributed by atoms with Crippen molar-refractivity contribution in [1.29, 1.82) is 0 Å². The molecule has 1 aliphatic heterocycles. The monoisotopic (exact) mass is 337 g/mol. The quantitative estimate of drug-likeness (QED) is 0.827. The van der Waals surface area contributed by atoms with E-state index in [1.165, 1.54) is 6.08 Å². The van der Waals surface area contributed by atoms with Gasteiger partial charge in [-0.15, -0.1) is 0 Å². The molecule has 1 N–H and O–H groups in total. The molecule has 0 bridgehead atoms. The van der Waals surface area contributed by atoms with Crippen LogP contribution < -0.4 is 14.8 Å². The van der Waals surface area contributed by atoms with Gasteiger partial charge in [0.05, 0.1) is 39.6 Å². The van der Waals surface area contributed by atoms with E-state index in [-0.39, 0.29) is 5.91 Å². The Bertz CT molecular complexity index is 534. The van der Waals surface area contributed by atoms with Gasteiger partial charge in [0.2, 0.25) is 5.91 Å². The van der Waals surface area contributed by atoms with E-state index in [1.807, 2.05) is 0 Å². The molecular weight excluding hydrogens is 314 g/mol. The summed E-state index contributed by atoms with van der Waals surface area (Å²) in [5.74, 6) is 0.831. The normalized spacial score (nSPS) is 17.2. The number of rotatable bonds is 2. The smallest absolute Gasteiger partial charge is 0.247 e. The Balaban J connectivity index is 2.02. The van der Waals surface area contributed by atoms with Crippen molar-refractivity contribution < 1.29 is 28.5 Å². The Morgan fingerprint density at radius 2 is 1.42 bits per heavy atom. The van der Waals surface area contributed by atoms with Crippen molar-refractivity contribution in [2.75, 3.05) is 58.2 Å². The summed E-state index contributed by atoms with van der Waals surface area (Å²) in [5.41, 5.74) is 0.603. The third-order valence-corrected chi connectivity index (χ3v) is 3.11. The van der Waals surface area contributed by atoms with Crippen LogP contribution in [0.15, 0.2) is 30.9 Å². The van der Waals surface area contributed by atoms with Gasteiger partial charge in [0.1, 0.15) is 13.2 Å². The third-order valence-electron chi connectivity index (χ3n) is 3.11. The molecule has 132 valence electrons. The average molecular weight is 337 g/mol. The van der Waals surface area contributed by atoms with E-state index in [2.05, 4.69) is 11.9 Å². The van der Waals surface area contributed by atoms with Gasteiger partial charge in [0, 0.05) is 11.8 Å². The third kappa shape index (κ3) is 6.57. The highest BCUT2D eigenvalue weighted by atomic mass is 16.6. The molecule has 7 nitrogen and oxygen atoms in total. The van der Waals surface area contributed by atoms with Crippen LogP contribution in [0.4, 0.5) is 5.69 Å². The highest BCUT2D eigenvalue weighted by Gasteiger charge is 2.09. The van der Waals surface area contributed by atoms with E-state index in [0.29, 0.717) is 70.0 Å². The van der Waals surface area contributed by atoms with E-state index in [9.17, 15) is 4.79 Å². The summed E-state index contributed by atoms with van der Waals surface area (Å²) in [7, 11) is 0. The summed E-state index contributed by atoms with van der Waals surface area (Å²) in [5, 5.41) is 2.69. The molecule has 0 saturated carbocycles. The average Bonchev–Trinajstić information content (AvgIpc) is 2.60. The van der Waals surface area contributed by atoms with Crippen molar-refractivity contribution in [3.8, 4) is 11.5 Å². The van der Waals surface area contributed by atoms with Gasteiger partial charge in [0.15, 0.2) is 11.5 Å². The van der Waals surface area contributed by atoms with E-state index in [1.54, 1.807) is 18.2 Å². The van der Waals surface area contributed by atoms with Crippen molar-refractivity contribution in [3.63, 3.8) is 0 Å². The number of amides is 1. The number of anilines is 1. The largest absolute Gasteiger partial charge is 0.487 e. The van der Waals surface area contributed by atoms with Gasteiger partial charge in [-0.1, -0.05) is 6.58 Å². The molecular formula is C17H23NO6. The summed E-state index contributed by atoms with van der Waals surface area (Å²) in [6.45, 7) is 7.14. The predicted octanol–water partition coefficient (Wildman–Crippen LogP) is 1.63. The summed E-state index contributed by atoms with van der Waals surface area (Å²) >= 11 is 0. The van der Waals surface area contributed by atoms with Crippen LogP contribution >= 0.6 is 0 Å². The molecule has 7 heteroatoms. The fourth-order valence-corrected chi connectivity index (χ4v) is 1.97. The molecule has 0 atom stereocenters. The van der Waals surface area contributed by atoms with Gasteiger partial charge in [0.25, 0.3) is 0 Å². The van der Waals surface area contributed by atoms with Gasteiger partial charge in [-0.25, -0.2) is 0 Å². The van der Waals surface area contributed by atoms with Gasteiger partial charge < -0.3 is 29.0 Å². The lowest BCUT2D eigenvalue weighted by Crippen LogP contribution is -2.13. The van der Waals surface area contributed by atoms with E-state index in [0.717, 1.165) is 0 Å². The maximum atomic E-state index is 11.4. The molecule has 0 saturated heterocycles. The molecule has 1 aliphatic rings. The van der Waals surface area contributed by atoms with Crippen molar-refractivity contribution >= 4 is 11.6 Å². The van der Waals surface area contributed by atoms with Gasteiger partial charge in [-0.3, -0.25) is 4.79 Å². The zero-order valence-corrected chi connectivity index (χ0v) is 13.6. The lowest BCUT2D eigenvalue weighted by Gasteiger charge is -2.14. The minimum atomic E-state index is -0.287. The van der Waals surface area contributed by atoms with Crippen LogP contribution in [-0.2, 0) is 19.0 Å². The minimum absolute atomic E-state index is 0.287. The van der Waals surface area contributed by atoms with Crippen LogP contribution in [0, 0.1) is 0 Å². The van der Waals surface area contributed by atoms with Crippen molar-refractivity contribution in [2.24, 2.45) is 0 Å². The number of carbonyl (C=O) groups is 1. The van der Waals surface area contributed by atoms with E-state index < -0.39 is 0 Å². The maximum Gasteiger partial charge on any atom is 0.247 e. The van der Waals surface area contributed by atoms with E-state index >= 15 is 0 Å². The Morgan fingerprint density at radius 3 is 2.00 bits per heavy atom. The lowest BCUT2D eigenvalue weighted by molar-refractivity contribution is -0.111.